The normalized spacial score (nSPS) is 12.5. The maximum atomic E-state index is 13.2. The van der Waals surface area contributed by atoms with Gasteiger partial charge in [0.2, 0.25) is 5.95 Å². The summed E-state index contributed by atoms with van der Waals surface area (Å²) in [5, 5.41) is 11.0. The van der Waals surface area contributed by atoms with Gasteiger partial charge in [-0.1, -0.05) is 6.92 Å². The van der Waals surface area contributed by atoms with Crippen LogP contribution in [0.15, 0.2) is 36.9 Å². The van der Waals surface area contributed by atoms with Gasteiger partial charge in [0.15, 0.2) is 5.69 Å². The Morgan fingerprint density at radius 1 is 1.19 bits per heavy atom. The number of nitrogens with zero attached hydrogens (tertiary/aromatic N) is 7. The Bertz CT molecular complexity index is 1020. The second kappa shape index (κ2) is 9.06. The van der Waals surface area contributed by atoms with E-state index in [1.54, 1.807) is 26.1 Å². The summed E-state index contributed by atoms with van der Waals surface area (Å²) >= 11 is 0. The number of aromatic nitrogens is 6. The first-order valence-electron chi connectivity index (χ1n) is 9.45. The minimum absolute atomic E-state index is 0.0439. The standard InChI is InChI=1S/C19H21F3N8O/c1-4-14(11-25-18-23-9-13(10-24-18)19(20,21)22)29(3)17(31)16-15(6-5-12(2)28-16)30-26-7-8-27-30/h5-10,14H,4,11H2,1-3H3,(H,23,24,25). The Morgan fingerprint density at radius 2 is 1.84 bits per heavy atom. The molecule has 3 rings (SSSR count). The quantitative estimate of drug-likeness (QED) is 0.610. The van der Waals surface area contributed by atoms with Crippen LogP contribution in [0.4, 0.5) is 19.1 Å². The van der Waals surface area contributed by atoms with E-state index in [0.717, 1.165) is 0 Å². The highest BCUT2D eigenvalue weighted by atomic mass is 19.4. The van der Waals surface area contributed by atoms with Crippen molar-refractivity contribution in [1.82, 2.24) is 34.8 Å². The average Bonchev–Trinajstić information content (AvgIpc) is 3.27. The third-order valence-electron chi connectivity index (χ3n) is 4.66. The van der Waals surface area contributed by atoms with Gasteiger partial charge in [-0.2, -0.15) is 23.4 Å². The van der Waals surface area contributed by atoms with Crippen molar-refractivity contribution in [2.75, 3.05) is 18.9 Å². The van der Waals surface area contributed by atoms with E-state index >= 15 is 0 Å². The van der Waals surface area contributed by atoms with E-state index in [1.165, 1.54) is 22.1 Å². The number of halogens is 3. The summed E-state index contributed by atoms with van der Waals surface area (Å²) in [5.74, 6) is -0.291. The van der Waals surface area contributed by atoms with Crippen LogP contribution in [0.5, 0.6) is 0 Å². The summed E-state index contributed by atoms with van der Waals surface area (Å²) < 4.78 is 37.9. The zero-order valence-corrected chi connectivity index (χ0v) is 17.1. The molecule has 1 N–H and O–H groups in total. The molecule has 31 heavy (non-hydrogen) atoms. The number of pyridine rings is 1. The van der Waals surface area contributed by atoms with Crippen molar-refractivity contribution in [2.24, 2.45) is 0 Å². The molecule has 1 unspecified atom stereocenters. The minimum Gasteiger partial charge on any atom is -0.352 e. The Hall–Kier alpha value is -3.57. The van der Waals surface area contributed by atoms with Crippen LogP contribution in [0, 0.1) is 6.92 Å². The van der Waals surface area contributed by atoms with Crippen LogP contribution >= 0.6 is 0 Å². The predicted molar refractivity (Wildman–Crippen MR) is 106 cm³/mol. The zero-order chi connectivity index (χ0) is 22.6. The van der Waals surface area contributed by atoms with Crippen molar-refractivity contribution in [2.45, 2.75) is 32.5 Å². The first-order chi connectivity index (χ1) is 14.7. The molecule has 0 saturated heterocycles. The Morgan fingerprint density at radius 3 is 2.42 bits per heavy atom. The van der Waals surface area contributed by atoms with Crippen LogP contribution in [0.3, 0.4) is 0 Å². The molecule has 0 aliphatic carbocycles. The van der Waals surface area contributed by atoms with Crippen LogP contribution < -0.4 is 5.32 Å². The molecule has 1 amide bonds. The van der Waals surface area contributed by atoms with Gasteiger partial charge in [0.1, 0.15) is 5.69 Å². The van der Waals surface area contributed by atoms with Crippen LogP contribution in [-0.2, 0) is 6.18 Å². The lowest BCUT2D eigenvalue weighted by Gasteiger charge is -2.28. The van der Waals surface area contributed by atoms with Crippen molar-refractivity contribution in [3.63, 3.8) is 0 Å². The highest BCUT2D eigenvalue weighted by molar-refractivity contribution is 5.95. The fourth-order valence-corrected chi connectivity index (χ4v) is 2.87. The van der Waals surface area contributed by atoms with Gasteiger partial charge in [-0.05, 0) is 25.5 Å². The average molecular weight is 434 g/mol. The van der Waals surface area contributed by atoms with Gasteiger partial charge >= 0.3 is 6.18 Å². The fraction of sp³-hybridized carbons (Fsp3) is 0.368. The van der Waals surface area contributed by atoms with E-state index in [2.05, 4.69) is 30.5 Å². The van der Waals surface area contributed by atoms with Gasteiger partial charge in [0.05, 0.1) is 18.0 Å². The maximum absolute atomic E-state index is 13.2. The lowest BCUT2D eigenvalue weighted by molar-refractivity contribution is -0.138. The second-order valence-electron chi connectivity index (χ2n) is 6.79. The Labute approximate surface area is 176 Å². The highest BCUT2D eigenvalue weighted by Crippen LogP contribution is 2.28. The monoisotopic (exact) mass is 434 g/mol. The molecule has 3 aromatic rings. The molecule has 0 aliphatic heterocycles. The SMILES string of the molecule is CCC(CNc1ncc(C(F)(F)F)cn1)N(C)C(=O)c1nc(C)ccc1-n1nccn1. The number of amides is 1. The van der Waals surface area contributed by atoms with Gasteiger partial charge in [-0.3, -0.25) is 4.79 Å². The Kier molecular flexibility index (Phi) is 6.47. The number of hydrogen-bond donors (Lipinski definition) is 1. The topological polar surface area (TPSA) is 102 Å². The predicted octanol–water partition coefficient (Wildman–Crippen LogP) is 2.74. The number of alkyl halides is 3. The van der Waals surface area contributed by atoms with Gasteiger partial charge in [-0.25, -0.2) is 15.0 Å². The molecule has 12 heteroatoms. The molecule has 9 nitrogen and oxygen atoms in total. The van der Waals surface area contributed by atoms with Gasteiger partial charge in [-0.15, -0.1) is 4.80 Å². The van der Waals surface area contributed by atoms with E-state index in [1.807, 2.05) is 6.92 Å². The molecule has 0 aromatic carbocycles. The van der Waals surface area contributed by atoms with Crippen molar-refractivity contribution >= 4 is 11.9 Å². The molecule has 0 saturated carbocycles. The fourth-order valence-electron chi connectivity index (χ4n) is 2.87. The molecule has 0 aliphatic rings. The number of anilines is 1. The maximum Gasteiger partial charge on any atom is 0.419 e. The number of carbonyl (C=O) groups excluding carboxylic acids is 1. The highest BCUT2D eigenvalue weighted by Gasteiger charge is 2.31. The first kappa shape index (κ1) is 22.1. The molecule has 0 bridgehead atoms. The summed E-state index contributed by atoms with van der Waals surface area (Å²) in [4.78, 5) is 27.8. The lowest BCUT2D eigenvalue weighted by Crippen LogP contribution is -2.42. The Balaban J connectivity index is 1.74. The van der Waals surface area contributed by atoms with Crippen LogP contribution in [0.25, 0.3) is 5.69 Å². The molecular formula is C19H21F3N8O. The van der Waals surface area contributed by atoms with Crippen molar-refractivity contribution in [3.8, 4) is 5.69 Å². The van der Waals surface area contributed by atoms with Crippen molar-refractivity contribution in [1.29, 1.82) is 0 Å². The van der Waals surface area contributed by atoms with Crippen molar-refractivity contribution in [3.05, 3.63) is 53.9 Å². The smallest absolute Gasteiger partial charge is 0.352 e. The lowest BCUT2D eigenvalue weighted by atomic mass is 10.1. The third kappa shape index (κ3) is 5.13. The number of likely N-dealkylation sites (N-methyl/N-ethyl adjacent to an activating group) is 1. The van der Waals surface area contributed by atoms with Crippen LogP contribution in [0.1, 0.15) is 35.1 Å². The first-order valence-corrected chi connectivity index (χ1v) is 9.45. The number of nitrogens with one attached hydrogen (secondary N) is 1. The number of hydrogen-bond acceptors (Lipinski definition) is 7. The number of carbonyl (C=O) groups is 1. The second-order valence-corrected chi connectivity index (χ2v) is 6.79. The summed E-state index contributed by atoms with van der Waals surface area (Å²) in [5.41, 5.74) is 0.379. The van der Waals surface area contributed by atoms with Gasteiger partial charge < -0.3 is 10.2 Å². The third-order valence-corrected chi connectivity index (χ3v) is 4.66. The molecule has 0 fully saturated rings. The molecule has 0 spiro atoms. The van der Waals surface area contributed by atoms with E-state index in [-0.39, 0.29) is 30.1 Å². The molecule has 3 aromatic heterocycles. The molecular weight excluding hydrogens is 413 g/mol. The van der Waals surface area contributed by atoms with E-state index in [9.17, 15) is 18.0 Å². The zero-order valence-electron chi connectivity index (χ0n) is 17.1. The molecule has 3 heterocycles. The number of rotatable bonds is 7. The molecule has 0 radical (unpaired) electrons. The van der Waals surface area contributed by atoms with Crippen LogP contribution in [0.2, 0.25) is 0 Å². The summed E-state index contributed by atoms with van der Waals surface area (Å²) in [6.07, 6.45) is 0.508. The van der Waals surface area contributed by atoms with Crippen molar-refractivity contribution < 1.29 is 18.0 Å². The summed E-state index contributed by atoms with van der Waals surface area (Å²) in [6.45, 7) is 3.91. The van der Waals surface area contributed by atoms with Crippen LogP contribution in [-0.4, -0.2) is 60.4 Å². The summed E-state index contributed by atoms with van der Waals surface area (Å²) in [6, 6.07) is 3.19. The molecule has 164 valence electrons. The number of aryl methyl sites for hydroxylation is 1. The van der Waals surface area contributed by atoms with E-state index in [0.29, 0.717) is 30.2 Å². The van der Waals surface area contributed by atoms with Gasteiger partial charge in [0.25, 0.3) is 5.91 Å². The van der Waals surface area contributed by atoms with E-state index < -0.39 is 11.7 Å². The van der Waals surface area contributed by atoms with Gasteiger partial charge in [0, 0.05) is 37.7 Å². The largest absolute Gasteiger partial charge is 0.419 e. The minimum atomic E-state index is -4.50. The molecule has 1 atom stereocenters. The summed E-state index contributed by atoms with van der Waals surface area (Å²) in [7, 11) is 1.64. The van der Waals surface area contributed by atoms with E-state index in [4.69, 9.17) is 0 Å².